The number of nitrogens with one attached hydrogen (secondary N) is 1. The molecule has 17 heavy (non-hydrogen) atoms. The second kappa shape index (κ2) is 5.77. The summed E-state index contributed by atoms with van der Waals surface area (Å²) >= 11 is 0. The average Bonchev–Trinajstić information content (AvgIpc) is 2.28. The second-order valence-corrected chi connectivity index (χ2v) is 4.76. The van der Waals surface area contributed by atoms with Crippen LogP contribution in [0.4, 0.5) is 5.82 Å². The Hall–Kier alpha value is -1.42. The Morgan fingerprint density at radius 3 is 2.53 bits per heavy atom. The van der Waals surface area contributed by atoms with E-state index in [-0.39, 0.29) is 11.9 Å². The molecule has 0 saturated carbocycles. The van der Waals surface area contributed by atoms with E-state index in [1.165, 1.54) is 5.56 Å². The van der Waals surface area contributed by atoms with Gasteiger partial charge in [-0.15, -0.1) is 0 Å². The summed E-state index contributed by atoms with van der Waals surface area (Å²) in [5.74, 6) is 1.01. The molecule has 1 unspecified atom stereocenters. The number of rotatable bonds is 4. The number of hydrogen-bond acceptors (Lipinski definition) is 3. The Labute approximate surface area is 103 Å². The standard InChI is InChI=1S/C13H21N3O/c1-9(2)11-6-7-14-12(8-11)15-13(17)10(3)16(4)5/h6-10H,1-5H3,(H,14,15,17). The summed E-state index contributed by atoms with van der Waals surface area (Å²) in [6.07, 6.45) is 1.73. The highest BCUT2D eigenvalue weighted by molar-refractivity contribution is 5.93. The van der Waals surface area contributed by atoms with Crippen LogP contribution in [0.2, 0.25) is 0 Å². The molecule has 1 aromatic rings. The fourth-order valence-corrected chi connectivity index (χ4v) is 1.34. The van der Waals surface area contributed by atoms with E-state index < -0.39 is 0 Å². The molecular weight excluding hydrogens is 214 g/mol. The fourth-order valence-electron chi connectivity index (χ4n) is 1.34. The van der Waals surface area contributed by atoms with Crippen LogP contribution in [0.15, 0.2) is 18.3 Å². The molecule has 1 heterocycles. The van der Waals surface area contributed by atoms with Crippen LogP contribution in [0.1, 0.15) is 32.3 Å². The molecule has 0 fully saturated rings. The highest BCUT2D eigenvalue weighted by Crippen LogP contribution is 2.16. The molecule has 1 aromatic heterocycles. The Morgan fingerprint density at radius 1 is 1.35 bits per heavy atom. The average molecular weight is 235 g/mol. The van der Waals surface area contributed by atoms with E-state index in [0.29, 0.717) is 11.7 Å². The molecule has 4 heteroatoms. The molecule has 1 N–H and O–H groups in total. The van der Waals surface area contributed by atoms with Gasteiger partial charge in [0.05, 0.1) is 6.04 Å². The highest BCUT2D eigenvalue weighted by Gasteiger charge is 2.15. The molecule has 0 aliphatic heterocycles. The third-order valence-electron chi connectivity index (χ3n) is 2.86. The van der Waals surface area contributed by atoms with E-state index in [1.807, 2.05) is 38.1 Å². The van der Waals surface area contributed by atoms with Crippen LogP contribution in [0.25, 0.3) is 0 Å². The molecule has 0 spiro atoms. The van der Waals surface area contributed by atoms with Crippen molar-refractivity contribution in [2.45, 2.75) is 32.7 Å². The van der Waals surface area contributed by atoms with Crippen LogP contribution >= 0.6 is 0 Å². The lowest BCUT2D eigenvalue weighted by molar-refractivity contribution is -0.119. The van der Waals surface area contributed by atoms with E-state index in [1.54, 1.807) is 6.20 Å². The maximum absolute atomic E-state index is 11.8. The lowest BCUT2D eigenvalue weighted by Crippen LogP contribution is -2.37. The van der Waals surface area contributed by atoms with Crippen molar-refractivity contribution < 1.29 is 4.79 Å². The van der Waals surface area contributed by atoms with Gasteiger partial charge in [-0.25, -0.2) is 4.98 Å². The maximum Gasteiger partial charge on any atom is 0.242 e. The molecule has 0 bridgehead atoms. The predicted octanol–water partition coefficient (Wildman–Crippen LogP) is 2.09. The minimum Gasteiger partial charge on any atom is -0.309 e. The first-order valence-corrected chi connectivity index (χ1v) is 5.85. The Balaban J connectivity index is 2.75. The van der Waals surface area contributed by atoms with E-state index in [0.717, 1.165) is 0 Å². The van der Waals surface area contributed by atoms with Crippen LogP contribution in [0, 0.1) is 0 Å². The molecule has 0 saturated heterocycles. The van der Waals surface area contributed by atoms with Gasteiger partial charge in [-0.2, -0.15) is 0 Å². The topological polar surface area (TPSA) is 45.2 Å². The first kappa shape index (κ1) is 13.6. The minimum atomic E-state index is -0.167. The SMILES string of the molecule is CC(C)c1ccnc(NC(=O)C(C)N(C)C)c1. The third kappa shape index (κ3) is 3.82. The van der Waals surface area contributed by atoms with Gasteiger partial charge in [-0.3, -0.25) is 9.69 Å². The summed E-state index contributed by atoms with van der Waals surface area (Å²) in [6, 6.07) is 3.72. The highest BCUT2D eigenvalue weighted by atomic mass is 16.2. The number of aromatic nitrogens is 1. The van der Waals surface area contributed by atoms with E-state index in [2.05, 4.69) is 24.1 Å². The normalized spacial score (nSPS) is 12.9. The molecule has 0 radical (unpaired) electrons. The third-order valence-corrected chi connectivity index (χ3v) is 2.86. The number of carbonyl (C=O) groups is 1. The Morgan fingerprint density at radius 2 is 2.00 bits per heavy atom. The van der Waals surface area contributed by atoms with Crippen molar-refractivity contribution >= 4 is 11.7 Å². The molecule has 1 rings (SSSR count). The van der Waals surface area contributed by atoms with Crippen LogP contribution in [-0.2, 0) is 4.79 Å². The smallest absolute Gasteiger partial charge is 0.242 e. The van der Waals surface area contributed by atoms with Gasteiger partial charge in [0.25, 0.3) is 0 Å². The zero-order chi connectivity index (χ0) is 13.0. The van der Waals surface area contributed by atoms with Crippen LogP contribution in [0.5, 0.6) is 0 Å². The molecule has 1 amide bonds. The zero-order valence-corrected chi connectivity index (χ0v) is 11.2. The van der Waals surface area contributed by atoms with Crippen molar-refractivity contribution in [3.05, 3.63) is 23.9 Å². The van der Waals surface area contributed by atoms with Gasteiger partial charge >= 0.3 is 0 Å². The molecule has 0 aliphatic carbocycles. The van der Waals surface area contributed by atoms with Gasteiger partial charge in [-0.05, 0) is 44.6 Å². The maximum atomic E-state index is 11.8. The minimum absolute atomic E-state index is 0.0385. The summed E-state index contributed by atoms with van der Waals surface area (Å²) < 4.78 is 0. The van der Waals surface area contributed by atoms with Crippen LogP contribution < -0.4 is 5.32 Å². The quantitative estimate of drug-likeness (QED) is 0.869. The first-order valence-electron chi connectivity index (χ1n) is 5.85. The molecule has 4 nitrogen and oxygen atoms in total. The number of likely N-dealkylation sites (N-methyl/N-ethyl adjacent to an activating group) is 1. The number of nitrogens with zero attached hydrogens (tertiary/aromatic N) is 2. The van der Waals surface area contributed by atoms with Gasteiger partial charge in [0.2, 0.25) is 5.91 Å². The van der Waals surface area contributed by atoms with E-state index in [9.17, 15) is 4.79 Å². The van der Waals surface area contributed by atoms with Gasteiger partial charge in [0.1, 0.15) is 5.82 Å². The van der Waals surface area contributed by atoms with Gasteiger partial charge in [0, 0.05) is 6.20 Å². The molecule has 94 valence electrons. The number of amides is 1. The largest absolute Gasteiger partial charge is 0.309 e. The van der Waals surface area contributed by atoms with Crippen molar-refractivity contribution in [1.29, 1.82) is 0 Å². The van der Waals surface area contributed by atoms with E-state index >= 15 is 0 Å². The van der Waals surface area contributed by atoms with Crippen LogP contribution in [0.3, 0.4) is 0 Å². The van der Waals surface area contributed by atoms with Crippen molar-refractivity contribution in [1.82, 2.24) is 9.88 Å². The summed E-state index contributed by atoms with van der Waals surface area (Å²) in [6.45, 7) is 6.09. The van der Waals surface area contributed by atoms with Crippen molar-refractivity contribution in [3.63, 3.8) is 0 Å². The number of pyridine rings is 1. The molecule has 1 atom stereocenters. The molecular formula is C13H21N3O. The van der Waals surface area contributed by atoms with Crippen molar-refractivity contribution in [2.75, 3.05) is 19.4 Å². The summed E-state index contributed by atoms with van der Waals surface area (Å²) in [4.78, 5) is 17.9. The lowest BCUT2D eigenvalue weighted by Gasteiger charge is -2.18. The number of anilines is 1. The number of hydrogen-bond donors (Lipinski definition) is 1. The Kier molecular flexibility index (Phi) is 4.63. The number of carbonyl (C=O) groups excluding carboxylic acids is 1. The van der Waals surface area contributed by atoms with Crippen LogP contribution in [-0.4, -0.2) is 35.9 Å². The summed E-state index contributed by atoms with van der Waals surface area (Å²) in [5.41, 5.74) is 1.17. The monoisotopic (exact) mass is 235 g/mol. The van der Waals surface area contributed by atoms with Gasteiger partial charge < -0.3 is 5.32 Å². The van der Waals surface area contributed by atoms with E-state index in [4.69, 9.17) is 0 Å². The second-order valence-electron chi connectivity index (χ2n) is 4.76. The fraction of sp³-hybridized carbons (Fsp3) is 0.538. The van der Waals surface area contributed by atoms with Gasteiger partial charge in [-0.1, -0.05) is 13.8 Å². The van der Waals surface area contributed by atoms with Gasteiger partial charge in [0.15, 0.2) is 0 Å². The first-order chi connectivity index (χ1) is 7.91. The van der Waals surface area contributed by atoms with Crippen molar-refractivity contribution in [3.8, 4) is 0 Å². The zero-order valence-electron chi connectivity index (χ0n) is 11.2. The molecule has 0 aliphatic rings. The van der Waals surface area contributed by atoms with Crippen molar-refractivity contribution in [2.24, 2.45) is 0 Å². The Bertz CT molecular complexity index is 388. The summed E-state index contributed by atoms with van der Waals surface area (Å²) in [5, 5.41) is 2.83. The molecule has 0 aromatic carbocycles. The lowest BCUT2D eigenvalue weighted by atomic mass is 10.1. The predicted molar refractivity (Wildman–Crippen MR) is 70.1 cm³/mol. The summed E-state index contributed by atoms with van der Waals surface area (Å²) in [7, 11) is 3.75.